The first-order valence-electron chi connectivity index (χ1n) is 8.53. The molecule has 2 aromatic rings. The second-order valence-corrected chi connectivity index (χ2v) is 7.11. The fourth-order valence-electron chi connectivity index (χ4n) is 3.96. The molecule has 0 unspecified atom stereocenters. The van der Waals surface area contributed by atoms with Gasteiger partial charge in [0, 0.05) is 12.0 Å². The molecule has 2 atom stereocenters. The fourth-order valence-corrected chi connectivity index (χ4v) is 3.96. The average molecular weight is 352 g/mol. The van der Waals surface area contributed by atoms with Crippen LogP contribution in [0.2, 0.25) is 0 Å². The number of rotatable bonds is 2. The Kier molecular flexibility index (Phi) is 3.47. The van der Waals surface area contributed by atoms with Crippen molar-refractivity contribution in [2.45, 2.75) is 39.0 Å². The SMILES string of the molecule is Cc1ccc2c(c1)[C@@H]1C[C@](C)(O2)N(c2cccc(C(=O)O)c2C)C(=O)N1. The summed E-state index contributed by atoms with van der Waals surface area (Å²) in [6.45, 7) is 5.59. The number of urea groups is 1. The number of ether oxygens (including phenoxy) is 1. The number of nitrogens with zero attached hydrogens (tertiary/aromatic N) is 1. The van der Waals surface area contributed by atoms with Gasteiger partial charge in [-0.1, -0.05) is 23.8 Å². The van der Waals surface area contributed by atoms with Gasteiger partial charge in [0.1, 0.15) is 5.75 Å². The van der Waals surface area contributed by atoms with E-state index in [9.17, 15) is 14.7 Å². The maximum absolute atomic E-state index is 12.9. The highest BCUT2D eigenvalue weighted by Gasteiger charge is 2.50. The van der Waals surface area contributed by atoms with Gasteiger partial charge in [-0.25, -0.2) is 9.59 Å². The highest BCUT2D eigenvalue weighted by Crippen LogP contribution is 2.46. The normalized spacial score (nSPS) is 23.7. The molecule has 2 heterocycles. The van der Waals surface area contributed by atoms with Crippen molar-refractivity contribution < 1.29 is 19.4 Å². The van der Waals surface area contributed by atoms with Crippen LogP contribution in [0.4, 0.5) is 10.5 Å². The van der Waals surface area contributed by atoms with E-state index < -0.39 is 11.7 Å². The van der Waals surface area contributed by atoms with Gasteiger partial charge in [-0.3, -0.25) is 4.90 Å². The third kappa shape index (κ3) is 2.33. The van der Waals surface area contributed by atoms with Gasteiger partial charge in [-0.2, -0.15) is 0 Å². The number of carbonyl (C=O) groups excluding carboxylic acids is 1. The lowest BCUT2D eigenvalue weighted by atomic mass is 9.89. The van der Waals surface area contributed by atoms with E-state index >= 15 is 0 Å². The summed E-state index contributed by atoms with van der Waals surface area (Å²) in [6.07, 6.45) is 0.575. The van der Waals surface area contributed by atoms with E-state index in [2.05, 4.69) is 5.32 Å². The first kappa shape index (κ1) is 16.4. The molecule has 2 aromatic carbocycles. The summed E-state index contributed by atoms with van der Waals surface area (Å²) in [5, 5.41) is 12.4. The largest absolute Gasteiger partial charge is 0.478 e. The lowest BCUT2D eigenvalue weighted by molar-refractivity contribution is 0.0376. The Bertz CT molecular complexity index is 939. The van der Waals surface area contributed by atoms with Crippen LogP contribution in [0.25, 0.3) is 0 Å². The van der Waals surface area contributed by atoms with Gasteiger partial charge in [-0.15, -0.1) is 0 Å². The van der Waals surface area contributed by atoms with Crippen molar-refractivity contribution in [1.82, 2.24) is 5.32 Å². The van der Waals surface area contributed by atoms with Crippen molar-refractivity contribution in [2.75, 3.05) is 4.90 Å². The Hall–Kier alpha value is -3.02. The van der Waals surface area contributed by atoms with E-state index in [1.807, 2.05) is 32.0 Å². The van der Waals surface area contributed by atoms with Crippen LogP contribution in [0.1, 0.15) is 46.4 Å². The zero-order chi connectivity index (χ0) is 18.6. The van der Waals surface area contributed by atoms with Gasteiger partial charge in [0.05, 0.1) is 17.3 Å². The van der Waals surface area contributed by atoms with Gasteiger partial charge in [0.25, 0.3) is 0 Å². The molecule has 6 nitrogen and oxygen atoms in total. The number of carboxylic acid groups (broad SMARTS) is 1. The van der Waals surface area contributed by atoms with Crippen molar-refractivity contribution in [2.24, 2.45) is 0 Å². The minimum atomic E-state index is -1.02. The molecule has 2 amide bonds. The zero-order valence-corrected chi connectivity index (χ0v) is 14.9. The predicted molar refractivity (Wildman–Crippen MR) is 96.7 cm³/mol. The quantitative estimate of drug-likeness (QED) is 0.862. The molecule has 2 N–H and O–H groups in total. The molecule has 2 aliphatic rings. The molecule has 0 radical (unpaired) electrons. The number of benzene rings is 2. The smallest absolute Gasteiger partial charge is 0.336 e. The molecule has 0 aliphatic carbocycles. The number of aryl methyl sites for hydroxylation is 1. The predicted octanol–water partition coefficient (Wildman–Crippen LogP) is 3.77. The van der Waals surface area contributed by atoms with Gasteiger partial charge >= 0.3 is 12.0 Å². The summed E-state index contributed by atoms with van der Waals surface area (Å²) in [5.74, 6) is -0.276. The summed E-state index contributed by atoms with van der Waals surface area (Å²) in [6, 6.07) is 10.4. The molecule has 134 valence electrons. The van der Waals surface area contributed by atoms with Crippen molar-refractivity contribution in [3.8, 4) is 5.75 Å². The Balaban J connectivity index is 1.83. The van der Waals surface area contributed by atoms with Crippen LogP contribution >= 0.6 is 0 Å². The number of carbonyl (C=O) groups is 2. The summed E-state index contributed by atoms with van der Waals surface area (Å²) in [4.78, 5) is 25.9. The van der Waals surface area contributed by atoms with E-state index in [1.165, 1.54) is 11.0 Å². The van der Waals surface area contributed by atoms with Crippen LogP contribution in [-0.2, 0) is 0 Å². The van der Waals surface area contributed by atoms with Crippen LogP contribution in [0.5, 0.6) is 5.75 Å². The molecule has 1 saturated heterocycles. The molecule has 26 heavy (non-hydrogen) atoms. The number of anilines is 1. The summed E-state index contributed by atoms with van der Waals surface area (Å²) < 4.78 is 6.26. The van der Waals surface area contributed by atoms with E-state index in [4.69, 9.17) is 4.74 Å². The molecule has 2 aliphatic heterocycles. The fraction of sp³-hybridized carbons (Fsp3) is 0.300. The first-order chi connectivity index (χ1) is 12.3. The van der Waals surface area contributed by atoms with E-state index in [0.29, 0.717) is 17.7 Å². The second-order valence-electron chi connectivity index (χ2n) is 7.11. The van der Waals surface area contributed by atoms with E-state index in [-0.39, 0.29) is 17.6 Å². The van der Waals surface area contributed by atoms with Crippen molar-refractivity contribution in [3.63, 3.8) is 0 Å². The molecule has 6 heteroatoms. The van der Waals surface area contributed by atoms with Crippen LogP contribution in [0.3, 0.4) is 0 Å². The summed E-state index contributed by atoms with van der Waals surface area (Å²) >= 11 is 0. The number of hydrogen-bond donors (Lipinski definition) is 2. The Morgan fingerprint density at radius 2 is 2.08 bits per heavy atom. The third-order valence-corrected chi connectivity index (χ3v) is 5.20. The number of fused-ring (bicyclic) bond motifs is 4. The van der Waals surface area contributed by atoms with Gasteiger partial charge in [0.15, 0.2) is 5.72 Å². The summed E-state index contributed by atoms with van der Waals surface area (Å²) in [7, 11) is 0. The highest BCUT2D eigenvalue weighted by atomic mass is 16.5. The van der Waals surface area contributed by atoms with E-state index in [1.54, 1.807) is 19.1 Å². The molecular weight excluding hydrogens is 332 g/mol. The van der Waals surface area contributed by atoms with Gasteiger partial charge in [0.2, 0.25) is 0 Å². The topological polar surface area (TPSA) is 78.9 Å². The van der Waals surface area contributed by atoms with Crippen molar-refractivity contribution in [3.05, 3.63) is 58.7 Å². The second kappa shape index (κ2) is 5.49. The molecule has 2 bridgehead atoms. The lowest BCUT2D eigenvalue weighted by Crippen LogP contribution is -2.65. The molecular formula is C20H20N2O4. The van der Waals surface area contributed by atoms with Gasteiger partial charge < -0.3 is 15.2 Å². The van der Waals surface area contributed by atoms with Crippen LogP contribution < -0.4 is 15.0 Å². The lowest BCUT2D eigenvalue weighted by Gasteiger charge is -2.51. The zero-order valence-electron chi connectivity index (χ0n) is 14.9. The third-order valence-electron chi connectivity index (χ3n) is 5.20. The minimum absolute atomic E-state index is 0.129. The van der Waals surface area contributed by atoms with Crippen molar-refractivity contribution >= 4 is 17.7 Å². The molecule has 4 rings (SSSR count). The summed E-state index contributed by atoms with van der Waals surface area (Å²) in [5.41, 5.74) is 2.45. The molecule has 1 fully saturated rings. The minimum Gasteiger partial charge on any atom is -0.478 e. The first-order valence-corrected chi connectivity index (χ1v) is 8.53. The maximum atomic E-state index is 12.9. The number of carboxylic acids is 1. The Morgan fingerprint density at radius 3 is 2.81 bits per heavy atom. The van der Waals surface area contributed by atoms with Crippen LogP contribution in [0.15, 0.2) is 36.4 Å². The molecule has 0 aromatic heterocycles. The van der Waals surface area contributed by atoms with Gasteiger partial charge in [-0.05, 0) is 44.5 Å². The average Bonchev–Trinajstić information content (AvgIpc) is 2.56. The number of nitrogens with one attached hydrogen (secondary N) is 1. The maximum Gasteiger partial charge on any atom is 0.336 e. The van der Waals surface area contributed by atoms with Crippen molar-refractivity contribution in [1.29, 1.82) is 0 Å². The Labute approximate surface area is 151 Å². The standard InChI is InChI=1S/C20H20N2O4/c1-11-7-8-17-14(9-11)15-10-20(3,26-17)22(19(25)21-15)16-6-4-5-13(12(16)2)18(23)24/h4-9,15H,10H2,1-3H3,(H,21,25)(H,23,24)/t15-,20-/m0/s1. The number of aromatic carboxylic acids is 1. The molecule has 0 saturated carbocycles. The Morgan fingerprint density at radius 1 is 1.31 bits per heavy atom. The highest BCUT2D eigenvalue weighted by molar-refractivity contribution is 5.98. The van der Waals surface area contributed by atoms with E-state index in [0.717, 1.165) is 16.9 Å². The monoisotopic (exact) mass is 352 g/mol. The number of amides is 2. The number of hydrogen-bond acceptors (Lipinski definition) is 3. The van der Waals surface area contributed by atoms with Crippen LogP contribution in [-0.4, -0.2) is 22.8 Å². The molecule has 0 spiro atoms. The van der Waals surface area contributed by atoms with Crippen LogP contribution in [0, 0.1) is 13.8 Å².